The molecule has 212 valence electrons. The molecule has 0 saturated heterocycles. The lowest BCUT2D eigenvalue weighted by Crippen LogP contribution is -2.10. The van der Waals surface area contributed by atoms with Crippen LogP contribution in [-0.2, 0) is 0 Å². The van der Waals surface area contributed by atoms with Gasteiger partial charge in [0.05, 0.1) is 10.4 Å². The molecule has 0 unspecified atom stereocenters. The van der Waals surface area contributed by atoms with Gasteiger partial charge in [-0.05, 0) is 76.9 Å². The summed E-state index contributed by atoms with van der Waals surface area (Å²) in [7, 11) is 0. The van der Waals surface area contributed by atoms with E-state index in [9.17, 15) is 0 Å². The average Bonchev–Trinajstić information content (AvgIpc) is 3.69. The lowest BCUT2D eigenvalue weighted by atomic mass is 9.99. The highest BCUT2D eigenvalue weighted by Gasteiger charge is 2.19. The zero-order valence-corrected chi connectivity index (χ0v) is 25.9. The Labute approximate surface area is 269 Å². The summed E-state index contributed by atoms with van der Waals surface area (Å²) < 4.78 is 3.86. The fourth-order valence-corrected chi connectivity index (χ4v) is 8.74. The summed E-state index contributed by atoms with van der Waals surface area (Å²) in [6.45, 7) is 0. The molecule has 9 aromatic rings. The number of fused-ring (bicyclic) bond motifs is 6. The van der Waals surface area contributed by atoms with E-state index >= 15 is 0 Å². The third-order valence-corrected chi connectivity index (χ3v) is 10.9. The number of thiophene rings is 2. The summed E-state index contributed by atoms with van der Waals surface area (Å²) in [6, 6.07) is 54.8. The van der Waals surface area contributed by atoms with E-state index in [0.29, 0.717) is 0 Å². The number of aromatic nitrogens is 1. The second-order valence-electron chi connectivity index (χ2n) is 11.2. The average molecular weight is 611 g/mol. The number of pyridine rings is 1. The Morgan fingerprint density at radius 1 is 0.444 bits per heavy atom. The fraction of sp³-hybridized carbons (Fsp3) is 0. The molecule has 3 heterocycles. The molecule has 0 bridgehead atoms. The van der Waals surface area contributed by atoms with Crippen molar-refractivity contribution in [1.82, 2.24) is 4.98 Å². The van der Waals surface area contributed by atoms with Crippen molar-refractivity contribution in [2.24, 2.45) is 0 Å². The first-order chi connectivity index (χ1) is 22.3. The smallest absolute Gasteiger partial charge is 0.124 e. The standard InChI is InChI=1S/C41H26N2S2/c1-2-9-27(10-3-1)28-18-22-30(23-19-28)43(36-15-6-13-34-33-11-4-5-16-37(33)44-40(34)36)31-24-20-29(21-25-31)32-12-7-17-38-39(32)35-14-8-26-42-41(35)45-38/h1-26H. The Balaban J connectivity index is 1.20. The summed E-state index contributed by atoms with van der Waals surface area (Å²) in [5.74, 6) is 0. The van der Waals surface area contributed by atoms with E-state index in [1.54, 1.807) is 11.3 Å². The first-order valence-electron chi connectivity index (χ1n) is 15.0. The molecule has 0 aliphatic rings. The lowest BCUT2D eigenvalue weighted by Gasteiger charge is -2.26. The molecular formula is C41H26N2S2. The van der Waals surface area contributed by atoms with Crippen LogP contribution in [0.5, 0.6) is 0 Å². The van der Waals surface area contributed by atoms with Crippen LogP contribution in [0, 0.1) is 0 Å². The van der Waals surface area contributed by atoms with E-state index < -0.39 is 0 Å². The molecule has 0 amide bonds. The maximum Gasteiger partial charge on any atom is 0.124 e. The summed E-state index contributed by atoms with van der Waals surface area (Å²) in [4.78, 5) is 8.12. The van der Waals surface area contributed by atoms with Crippen molar-refractivity contribution in [3.8, 4) is 22.3 Å². The molecule has 0 aliphatic heterocycles. The van der Waals surface area contributed by atoms with Crippen LogP contribution in [-0.4, -0.2) is 4.98 Å². The number of rotatable bonds is 5. The fourth-order valence-electron chi connectivity index (χ4n) is 6.46. The molecule has 0 spiro atoms. The summed E-state index contributed by atoms with van der Waals surface area (Å²) >= 11 is 3.62. The van der Waals surface area contributed by atoms with Crippen LogP contribution in [0.4, 0.5) is 17.1 Å². The highest BCUT2D eigenvalue weighted by atomic mass is 32.1. The van der Waals surface area contributed by atoms with Crippen LogP contribution < -0.4 is 4.90 Å². The molecule has 0 N–H and O–H groups in total. The predicted octanol–water partition coefficient (Wildman–Crippen LogP) is 12.6. The Kier molecular flexibility index (Phi) is 6.22. The largest absolute Gasteiger partial charge is 0.309 e. The monoisotopic (exact) mass is 610 g/mol. The Morgan fingerprint density at radius 2 is 1.09 bits per heavy atom. The van der Waals surface area contributed by atoms with Crippen LogP contribution in [0.25, 0.3) is 62.7 Å². The predicted molar refractivity (Wildman–Crippen MR) is 196 cm³/mol. The van der Waals surface area contributed by atoms with Gasteiger partial charge in [-0.3, -0.25) is 0 Å². The minimum Gasteiger partial charge on any atom is -0.309 e. The van der Waals surface area contributed by atoms with Gasteiger partial charge in [-0.25, -0.2) is 4.98 Å². The van der Waals surface area contributed by atoms with Crippen molar-refractivity contribution < 1.29 is 0 Å². The topological polar surface area (TPSA) is 16.1 Å². The maximum atomic E-state index is 4.64. The van der Waals surface area contributed by atoms with Crippen molar-refractivity contribution in [3.63, 3.8) is 0 Å². The SMILES string of the molecule is c1ccc(-c2ccc(N(c3ccc(-c4cccc5sc6ncccc6c45)cc3)c3cccc4c3sc3ccccc34)cc2)cc1. The molecule has 0 aliphatic carbocycles. The van der Waals surface area contributed by atoms with Crippen molar-refractivity contribution in [1.29, 1.82) is 0 Å². The highest BCUT2D eigenvalue weighted by molar-refractivity contribution is 7.26. The maximum absolute atomic E-state index is 4.64. The first kappa shape index (κ1) is 26.1. The molecular weight excluding hydrogens is 585 g/mol. The molecule has 3 aromatic heterocycles. The summed E-state index contributed by atoms with van der Waals surface area (Å²) in [6.07, 6.45) is 1.88. The Morgan fingerprint density at radius 3 is 1.91 bits per heavy atom. The number of benzene rings is 6. The number of hydrogen-bond acceptors (Lipinski definition) is 4. The van der Waals surface area contributed by atoms with Crippen LogP contribution in [0.3, 0.4) is 0 Å². The Hall–Kier alpha value is -5.29. The van der Waals surface area contributed by atoms with Crippen LogP contribution >= 0.6 is 22.7 Å². The minimum atomic E-state index is 1.08. The molecule has 0 saturated carbocycles. The van der Waals surface area contributed by atoms with Gasteiger partial charge < -0.3 is 4.90 Å². The number of hydrogen-bond donors (Lipinski definition) is 0. The van der Waals surface area contributed by atoms with E-state index in [4.69, 9.17) is 0 Å². The molecule has 0 atom stereocenters. The zero-order valence-electron chi connectivity index (χ0n) is 24.2. The molecule has 2 nitrogen and oxygen atoms in total. The first-order valence-corrected chi connectivity index (χ1v) is 16.7. The third-order valence-electron chi connectivity index (χ3n) is 8.57. The van der Waals surface area contributed by atoms with Crippen LogP contribution in [0.15, 0.2) is 158 Å². The van der Waals surface area contributed by atoms with Gasteiger partial charge in [0, 0.05) is 48.5 Å². The van der Waals surface area contributed by atoms with Gasteiger partial charge >= 0.3 is 0 Å². The van der Waals surface area contributed by atoms with Gasteiger partial charge in [-0.15, -0.1) is 22.7 Å². The summed E-state index contributed by atoms with van der Waals surface area (Å²) in [5.41, 5.74) is 8.31. The molecule has 0 radical (unpaired) electrons. The molecule has 9 rings (SSSR count). The van der Waals surface area contributed by atoms with Gasteiger partial charge in [0.1, 0.15) is 4.83 Å². The third kappa shape index (κ3) is 4.41. The zero-order chi connectivity index (χ0) is 29.7. The number of nitrogens with zero attached hydrogens (tertiary/aromatic N) is 2. The normalized spacial score (nSPS) is 11.6. The van der Waals surface area contributed by atoms with Crippen LogP contribution in [0.1, 0.15) is 0 Å². The molecule has 4 heteroatoms. The van der Waals surface area contributed by atoms with Gasteiger partial charge in [0.2, 0.25) is 0 Å². The van der Waals surface area contributed by atoms with Gasteiger partial charge in [0.15, 0.2) is 0 Å². The number of anilines is 3. The second-order valence-corrected chi connectivity index (χ2v) is 13.3. The van der Waals surface area contributed by atoms with Crippen molar-refractivity contribution in [2.75, 3.05) is 4.90 Å². The van der Waals surface area contributed by atoms with Crippen LogP contribution in [0.2, 0.25) is 0 Å². The van der Waals surface area contributed by atoms with Gasteiger partial charge in [0.25, 0.3) is 0 Å². The van der Waals surface area contributed by atoms with Crippen molar-refractivity contribution in [2.45, 2.75) is 0 Å². The van der Waals surface area contributed by atoms with Gasteiger partial charge in [-0.2, -0.15) is 0 Å². The summed E-state index contributed by atoms with van der Waals surface area (Å²) in [5, 5.41) is 5.09. The lowest BCUT2D eigenvalue weighted by molar-refractivity contribution is 1.30. The van der Waals surface area contributed by atoms with Gasteiger partial charge in [-0.1, -0.05) is 97.1 Å². The van der Waals surface area contributed by atoms with Crippen molar-refractivity contribution >= 4 is 80.2 Å². The molecule has 0 fully saturated rings. The Bertz CT molecular complexity index is 2470. The van der Waals surface area contributed by atoms with E-state index in [1.807, 2.05) is 23.6 Å². The second kappa shape index (κ2) is 10.7. The van der Waals surface area contributed by atoms with E-state index in [2.05, 4.69) is 155 Å². The quantitative estimate of drug-likeness (QED) is 0.193. The van der Waals surface area contributed by atoms with E-state index in [0.717, 1.165) is 16.2 Å². The minimum absolute atomic E-state index is 1.08. The highest BCUT2D eigenvalue weighted by Crippen LogP contribution is 2.46. The van der Waals surface area contributed by atoms with Crippen molar-refractivity contribution in [3.05, 3.63) is 158 Å². The molecule has 45 heavy (non-hydrogen) atoms. The molecule has 6 aromatic carbocycles. The van der Waals surface area contributed by atoms with E-state index in [-0.39, 0.29) is 0 Å². The van der Waals surface area contributed by atoms with E-state index in [1.165, 1.54) is 63.6 Å².